The molecule has 0 amide bonds. The van der Waals surface area contributed by atoms with Crippen molar-refractivity contribution in [1.82, 2.24) is 9.97 Å². The topological polar surface area (TPSA) is 63.1 Å². The maximum Gasteiger partial charge on any atom is 0.308 e. The van der Waals surface area contributed by atoms with Gasteiger partial charge in [0, 0.05) is 28.2 Å². The molecule has 0 atom stereocenters. The Labute approximate surface area is 129 Å². The zero-order valence-electron chi connectivity index (χ0n) is 11.2. The third-order valence-electron chi connectivity index (χ3n) is 3.01. The lowest BCUT2D eigenvalue weighted by molar-refractivity contribution is -0.136. The van der Waals surface area contributed by atoms with E-state index in [1.807, 2.05) is 36.7 Å². The van der Waals surface area contributed by atoms with Crippen molar-refractivity contribution in [2.45, 2.75) is 13.3 Å². The molecule has 0 aliphatic carbocycles. The maximum atomic E-state index is 10.7. The van der Waals surface area contributed by atoms with E-state index in [0.717, 1.165) is 31.6 Å². The Morgan fingerprint density at radius 3 is 2.95 bits per heavy atom. The molecule has 3 heterocycles. The number of hydrogen-bond acceptors (Lipinski definition) is 5. The summed E-state index contributed by atoms with van der Waals surface area (Å²) in [5.41, 5.74) is 3.07. The number of carboxylic acid groups (broad SMARTS) is 1. The fourth-order valence-electron chi connectivity index (χ4n) is 1.96. The van der Waals surface area contributed by atoms with Crippen LogP contribution in [0.2, 0.25) is 0 Å². The van der Waals surface area contributed by atoms with Crippen LogP contribution >= 0.6 is 22.7 Å². The molecule has 0 aliphatic rings. The summed E-state index contributed by atoms with van der Waals surface area (Å²) in [4.78, 5) is 21.4. The van der Waals surface area contributed by atoms with E-state index in [2.05, 4.69) is 9.97 Å². The van der Waals surface area contributed by atoms with Crippen LogP contribution in [0.4, 0.5) is 0 Å². The van der Waals surface area contributed by atoms with Crippen molar-refractivity contribution in [3.63, 3.8) is 0 Å². The van der Waals surface area contributed by atoms with E-state index >= 15 is 0 Å². The van der Waals surface area contributed by atoms with Gasteiger partial charge in [0.2, 0.25) is 0 Å². The van der Waals surface area contributed by atoms with Crippen LogP contribution in [-0.2, 0) is 11.2 Å². The first-order valence-corrected chi connectivity index (χ1v) is 8.00. The van der Waals surface area contributed by atoms with Crippen molar-refractivity contribution in [3.05, 3.63) is 46.4 Å². The van der Waals surface area contributed by atoms with Crippen LogP contribution in [0.1, 0.15) is 10.4 Å². The second kappa shape index (κ2) is 5.75. The molecule has 0 saturated carbocycles. The third-order valence-corrected chi connectivity index (χ3v) is 5.00. The lowest BCUT2D eigenvalue weighted by Crippen LogP contribution is -1.96. The van der Waals surface area contributed by atoms with Gasteiger partial charge in [0.25, 0.3) is 0 Å². The SMILES string of the molecule is Cc1ccncc1-c1nc(-c2ccc(CC(=O)O)s2)cs1. The molecule has 3 aromatic rings. The highest BCUT2D eigenvalue weighted by molar-refractivity contribution is 7.16. The molecule has 0 aliphatic heterocycles. The molecule has 3 rings (SSSR count). The number of pyridine rings is 1. The Kier molecular flexibility index (Phi) is 3.81. The largest absolute Gasteiger partial charge is 0.481 e. The minimum absolute atomic E-state index is 0.0589. The molecule has 0 radical (unpaired) electrons. The maximum absolute atomic E-state index is 10.7. The number of aryl methyl sites for hydroxylation is 1. The number of rotatable bonds is 4. The van der Waals surface area contributed by atoms with Gasteiger partial charge in [-0.05, 0) is 30.7 Å². The Morgan fingerprint density at radius 1 is 1.33 bits per heavy atom. The second-order valence-corrected chi connectivity index (χ2v) is 6.59. The number of carbonyl (C=O) groups is 1. The van der Waals surface area contributed by atoms with E-state index in [-0.39, 0.29) is 6.42 Å². The molecule has 0 spiro atoms. The van der Waals surface area contributed by atoms with Gasteiger partial charge in [-0.15, -0.1) is 22.7 Å². The van der Waals surface area contributed by atoms with E-state index in [1.54, 1.807) is 17.5 Å². The highest BCUT2D eigenvalue weighted by Crippen LogP contribution is 2.33. The smallest absolute Gasteiger partial charge is 0.308 e. The molecule has 21 heavy (non-hydrogen) atoms. The Bertz CT molecular complexity index is 792. The van der Waals surface area contributed by atoms with E-state index in [9.17, 15) is 4.79 Å². The minimum atomic E-state index is -0.812. The summed E-state index contributed by atoms with van der Waals surface area (Å²) in [6, 6.07) is 5.74. The molecule has 3 aromatic heterocycles. The van der Waals surface area contributed by atoms with E-state index in [1.165, 1.54) is 11.3 Å². The van der Waals surface area contributed by atoms with Gasteiger partial charge in [0.05, 0.1) is 17.0 Å². The summed E-state index contributed by atoms with van der Waals surface area (Å²) in [6.45, 7) is 2.04. The van der Waals surface area contributed by atoms with Crippen LogP contribution in [-0.4, -0.2) is 21.0 Å². The number of aliphatic carboxylic acids is 1. The monoisotopic (exact) mass is 316 g/mol. The van der Waals surface area contributed by atoms with Crippen molar-refractivity contribution in [2.75, 3.05) is 0 Å². The number of thiazole rings is 1. The summed E-state index contributed by atoms with van der Waals surface area (Å²) >= 11 is 3.05. The van der Waals surface area contributed by atoms with Crippen LogP contribution in [0.5, 0.6) is 0 Å². The Hall–Kier alpha value is -2.05. The summed E-state index contributed by atoms with van der Waals surface area (Å²) < 4.78 is 0. The number of thiophene rings is 1. The lowest BCUT2D eigenvalue weighted by Gasteiger charge is -1.99. The molecule has 0 aromatic carbocycles. The predicted molar refractivity (Wildman–Crippen MR) is 84.7 cm³/mol. The third kappa shape index (κ3) is 3.01. The normalized spacial score (nSPS) is 10.7. The van der Waals surface area contributed by atoms with Gasteiger partial charge in [-0.2, -0.15) is 0 Å². The second-order valence-electron chi connectivity index (χ2n) is 4.56. The molecule has 6 heteroatoms. The van der Waals surface area contributed by atoms with Gasteiger partial charge in [-0.3, -0.25) is 9.78 Å². The zero-order chi connectivity index (χ0) is 14.8. The van der Waals surface area contributed by atoms with Crippen molar-refractivity contribution in [3.8, 4) is 21.1 Å². The molecule has 4 nitrogen and oxygen atoms in total. The summed E-state index contributed by atoms with van der Waals surface area (Å²) in [5.74, 6) is -0.812. The number of hydrogen-bond donors (Lipinski definition) is 1. The summed E-state index contributed by atoms with van der Waals surface area (Å²) in [7, 11) is 0. The van der Waals surface area contributed by atoms with Crippen molar-refractivity contribution >= 4 is 28.6 Å². The van der Waals surface area contributed by atoms with Crippen molar-refractivity contribution in [1.29, 1.82) is 0 Å². The first-order chi connectivity index (χ1) is 10.1. The van der Waals surface area contributed by atoms with Gasteiger partial charge in [-0.1, -0.05) is 0 Å². The molecular weight excluding hydrogens is 304 g/mol. The fourth-order valence-corrected chi connectivity index (χ4v) is 3.89. The molecule has 0 bridgehead atoms. The fraction of sp³-hybridized carbons (Fsp3) is 0.133. The average Bonchev–Trinajstić information content (AvgIpc) is 3.07. The van der Waals surface area contributed by atoms with Crippen molar-refractivity contribution in [2.24, 2.45) is 0 Å². The zero-order valence-corrected chi connectivity index (χ0v) is 12.9. The number of aromatic nitrogens is 2. The number of carboxylic acids is 1. The molecule has 0 fully saturated rings. The van der Waals surface area contributed by atoms with Crippen molar-refractivity contribution < 1.29 is 9.90 Å². The van der Waals surface area contributed by atoms with Crippen LogP contribution in [0.15, 0.2) is 36.0 Å². The van der Waals surface area contributed by atoms with Crippen LogP contribution < -0.4 is 0 Å². The van der Waals surface area contributed by atoms with Gasteiger partial charge in [0.15, 0.2) is 0 Å². The van der Waals surface area contributed by atoms with Gasteiger partial charge in [0.1, 0.15) is 5.01 Å². The number of nitrogens with zero attached hydrogens (tertiary/aromatic N) is 2. The Morgan fingerprint density at radius 2 is 2.19 bits per heavy atom. The Balaban J connectivity index is 1.90. The molecule has 0 unspecified atom stereocenters. The van der Waals surface area contributed by atoms with Gasteiger partial charge >= 0.3 is 5.97 Å². The summed E-state index contributed by atoms with van der Waals surface area (Å²) in [5, 5.41) is 11.7. The van der Waals surface area contributed by atoms with E-state index in [0.29, 0.717) is 0 Å². The lowest BCUT2D eigenvalue weighted by atomic mass is 10.2. The summed E-state index contributed by atoms with van der Waals surface area (Å²) in [6.07, 6.45) is 3.65. The van der Waals surface area contributed by atoms with Gasteiger partial charge < -0.3 is 5.11 Å². The van der Waals surface area contributed by atoms with Crippen LogP contribution in [0.3, 0.4) is 0 Å². The molecule has 1 N–H and O–H groups in total. The van der Waals surface area contributed by atoms with E-state index in [4.69, 9.17) is 5.11 Å². The average molecular weight is 316 g/mol. The quantitative estimate of drug-likeness (QED) is 0.793. The minimum Gasteiger partial charge on any atom is -0.481 e. The van der Waals surface area contributed by atoms with E-state index < -0.39 is 5.97 Å². The van der Waals surface area contributed by atoms with Crippen LogP contribution in [0.25, 0.3) is 21.1 Å². The highest BCUT2D eigenvalue weighted by Gasteiger charge is 2.11. The molecule has 0 saturated heterocycles. The molecule has 106 valence electrons. The highest BCUT2D eigenvalue weighted by atomic mass is 32.1. The predicted octanol–water partition coefficient (Wildman–Crippen LogP) is 3.87. The molecular formula is C15H12N2O2S2. The van der Waals surface area contributed by atoms with Crippen LogP contribution in [0, 0.1) is 6.92 Å². The first-order valence-electron chi connectivity index (χ1n) is 6.31. The van der Waals surface area contributed by atoms with Gasteiger partial charge in [-0.25, -0.2) is 4.98 Å². The standard InChI is InChI=1S/C15H12N2O2S2/c1-9-4-5-16-7-11(9)15-17-12(8-20-15)13-3-2-10(21-13)6-14(18)19/h2-5,7-8H,6H2,1H3,(H,18,19). The first kappa shape index (κ1) is 13.9.